The van der Waals surface area contributed by atoms with E-state index in [1.165, 1.54) is 12.8 Å². The molecule has 4 nitrogen and oxygen atoms in total. The van der Waals surface area contributed by atoms with Crippen LogP contribution in [0.4, 0.5) is 0 Å². The van der Waals surface area contributed by atoms with Crippen LogP contribution in [0.5, 0.6) is 0 Å². The zero-order chi connectivity index (χ0) is 13.2. The third-order valence-electron chi connectivity index (χ3n) is 3.74. The van der Waals surface area contributed by atoms with E-state index in [1.54, 1.807) is 0 Å². The van der Waals surface area contributed by atoms with Gasteiger partial charge in [0.1, 0.15) is 11.5 Å². The Hall–Kier alpha value is -1.20. The Morgan fingerprint density at radius 2 is 2.21 bits per heavy atom. The third-order valence-corrected chi connectivity index (χ3v) is 4.21. The molecule has 100 valence electrons. The minimum Gasteiger partial charge on any atom is -0.317 e. The SMILES string of the molecule is O=Cc1nc(CC2CCNCC2)n2cc(Br)ccc12. The van der Waals surface area contributed by atoms with Crippen molar-refractivity contribution in [1.82, 2.24) is 14.7 Å². The summed E-state index contributed by atoms with van der Waals surface area (Å²) in [6.07, 6.45) is 6.13. The summed E-state index contributed by atoms with van der Waals surface area (Å²) in [7, 11) is 0. The Morgan fingerprint density at radius 1 is 1.42 bits per heavy atom. The zero-order valence-corrected chi connectivity index (χ0v) is 12.2. The number of rotatable bonds is 3. The van der Waals surface area contributed by atoms with E-state index in [9.17, 15) is 4.79 Å². The number of imidazole rings is 1. The number of hydrogen-bond donors (Lipinski definition) is 1. The van der Waals surface area contributed by atoms with Gasteiger partial charge in [0, 0.05) is 17.1 Å². The summed E-state index contributed by atoms with van der Waals surface area (Å²) in [4.78, 5) is 15.6. The number of pyridine rings is 1. The van der Waals surface area contributed by atoms with Crippen LogP contribution in [0, 0.1) is 5.92 Å². The first-order valence-corrected chi connectivity index (χ1v) is 7.39. The van der Waals surface area contributed by atoms with Crippen LogP contribution in [0.3, 0.4) is 0 Å². The molecule has 1 saturated heterocycles. The van der Waals surface area contributed by atoms with Crippen molar-refractivity contribution in [3.63, 3.8) is 0 Å². The minimum absolute atomic E-state index is 0.538. The van der Waals surface area contributed by atoms with Crippen molar-refractivity contribution in [2.75, 3.05) is 13.1 Å². The van der Waals surface area contributed by atoms with Gasteiger partial charge in [-0.15, -0.1) is 0 Å². The molecule has 2 aromatic rings. The number of nitrogens with one attached hydrogen (secondary N) is 1. The molecule has 0 spiro atoms. The Morgan fingerprint density at radius 3 is 2.95 bits per heavy atom. The molecule has 3 rings (SSSR count). The number of halogens is 1. The Labute approximate surface area is 120 Å². The molecule has 1 aliphatic rings. The Balaban J connectivity index is 1.97. The zero-order valence-electron chi connectivity index (χ0n) is 10.6. The molecule has 1 fully saturated rings. The van der Waals surface area contributed by atoms with Crippen LogP contribution in [0.15, 0.2) is 22.8 Å². The van der Waals surface area contributed by atoms with Crippen LogP contribution in [-0.4, -0.2) is 28.8 Å². The van der Waals surface area contributed by atoms with Gasteiger partial charge in [-0.25, -0.2) is 4.98 Å². The molecule has 0 saturated carbocycles. The standard InChI is InChI=1S/C14H16BrN3O/c15-11-1-2-13-12(9-19)17-14(18(13)8-11)7-10-3-5-16-6-4-10/h1-2,8-10,16H,3-7H2. The molecule has 2 aromatic heterocycles. The quantitative estimate of drug-likeness (QED) is 0.883. The number of hydrogen-bond acceptors (Lipinski definition) is 3. The van der Waals surface area contributed by atoms with Crippen molar-refractivity contribution in [3.8, 4) is 0 Å². The van der Waals surface area contributed by atoms with Crippen molar-refractivity contribution in [1.29, 1.82) is 0 Å². The lowest BCUT2D eigenvalue weighted by Crippen LogP contribution is -2.29. The van der Waals surface area contributed by atoms with Crippen LogP contribution in [0.25, 0.3) is 5.52 Å². The van der Waals surface area contributed by atoms with Crippen LogP contribution in [0.1, 0.15) is 29.2 Å². The normalized spacial score (nSPS) is 16.9. The van der Waals surface area contributed by atoms with Gasteiger partial charge in [0.2, 0.25) is 0 Å². The predicted octanol–water partition coefficient (Wildman–Crippen LogP) is 2.45. The average Bonchev–Trinajstić information content (AvgIpc) is 2.77. The first-order chi connectivity index (χ1) is 9.28. The third kappa shape index (κ3) is 2.58. The second-order valence-corrected chi connectivity index (χ2v) is 5.95. The van der Waals surface area contributed by atoms with Gasteiger partial charge in [-0.2, -0.15) is 0 Å². The highest BCUT2D eigenvalue weighted by atomic mass is 79.9. The number of aldehydes is 1. The van der Waals surface area contributed by atoms with E-state index in [1.807, 2.05) is 22.7 Å². The van der Waals surface area contributed by atoms with Crippen LogP contribution in [-0.2, 0) is 6.42 Å². The first-order valence-electron chi connectivity index (χ1n) is 6.60. The van der Waals surface area contributed by atoms with Gasteiger partial charge < -0.3 is 9.72 Å². The fraction of sp³-hybridized carbons (Fsp3) is 0.429. The largest absolute Gasteiger partial charge is 0.317 e. The number of fused-ring (bicyclic) bond motifs is 1. The monoisotopic (exact) mass is 321 g/mol. The number of carbonyl (C=O) groups is 1. The summed E-state index contributed by atoms with van der Waals surface area (Å²) < 4.78 is 3.04. The number of piperidine rings is 1. The molecule has 0 aromatic carbocycles. The number of aromatic nitrogens is 2. The molecular formula is C14H16BrN3O. The molecule has 5 heteroatoms. The number of carbonyl (C=O) groups excluding carboxylic acids is 1. The summed E-state index contributed by atoms with van der Waals surface area (Å²) in [6.45, 7) is 2.16. The fourth-order valence-electron chi connectivity index (χ4n) is 2.72. The number of nitrogens with zero attached hydrogens (tertiary/aromatic N) is 2. The summed E-state index contributed by atoms with van der Waals surface area (Å²) in [5.74, 6) is 1.65. The van der Waals surface area contributed by atoms with Gasteiger partial charge in [-0.1, -0.05) is 0 Å². The van der Waals surface area contributed by atoms with Gasteiger partial charge in [0.05, 0.1) is 5.52 Å². The van der Waals surface area contributed by atoms with Gasteiger partial charge in [0.25, 0.3) is 0 Å². The maximum atomic E-state index is 11.1. The molecule has 0 aliphatic carbocycles. The van der Waals surface area contributed by atoms with Crippen LogP contribution < -0.4 is 5.32 Å². The highest BCUT2D eigenvalue weighted by molar-refractivity contribution is 9.10. The molecule has 0 amide bonds. The highest BCUT2D eigenvalue weighted by Crippen LogP contribution is 2.22. The summed E-state index contributed by atoms with van der Waals surface area (Å²) in [6, 6.07) is 3.88. The van der Waals surface area contributed by atoms with Gasteiger partial charge in [-0.05, 0) is 59.9 Å². The van der Waals surface area contributed by atoms with Gasteiger partial charge in [0.15, 0.2) is 6.29 Å². The van der Waals surface area contributed by atoms with Crippen LogP contribution >= 0.6 is 15.9 Å². The summed E-state index contributed by atoms with van der Waals surface area (Å²) >= 11 is 3.48. The van der Waals surface area contributed by atoms with E-state index in [0.29, 0.717) is 11.6 Å². The second-order valence-electron chi connectivity index (χ2n) is 5.03. The Bertz CT molecular complexity index is 602. The van der Waals surface area contributed by atoms with Gasteiger partial charge in [-0.3, -0.25) is 4.79 Å². The molecule has 3 heterocycles. The molecule has 19 heavy (non-hydrogen) atoms. The van der Waals surface area contributed by atoms with E-state index in [4.69, 9.17) is 0 Å². The van der Waals surface area contributed by atoms with Crippen molar-refractivity contribution in [2.24, 2.45) is 5.92 Å². The van der Waals surface area contributed by atoms with E-state index in [0.717, 1.165) is 41.6 Å². The van der Waals surface area contributed by atoms with Crippen molar-refractivity contribution in [2.45, 2.75) is 19.3 Å². The topological polar surface area (TPSA) is 46.4 Å². The van der Waals surface area contributed by atoms with Crippen molar-refractivity contribution >= 4 is 27.7 Å². The smallest absolute Gasteiger partial charge is 0.170 e. The summed E-state index contributed by atoms with van der Waals surface area (Å²) in [5, 5.41) is 3.37. The average molecular weight is 322 g/mol. The highest BCUT2D eigenvalue weighted by Gasteiger charge is 2.18. The molecule has 0 bridgehead atoms. The fourth-order valence-corrected chi connectivity index (χ4v) is 3.06. The summed E-state index contributed by atoms with van der Waals surface area (Å²) in [5.41, 5.74) is 1.43. The van der Waals surface area contributed by atoms with E-state index in [-0.39, 0.29) is 0 Å². The van der Waals surface area contributed by atoms with Crippen molar-refractivity contribution in [3.05, 3.63) is 34.3 Å². The predicted molar refractivity (Wildman–Crippen MR) is 77.6 cm³/mol. The van der Waals surface area contributed by atoms with Gasteiger partial charge >= 0.3 is 0 Å². The maximum Gasteiger partial charge on any atom is 0.170 e. The molecule has 1 aliphatic heterocycles. The first kappa shape index (κ1) is 12.8. The molecular weight excluding hydrogens is 306 g/mol. The molecule has 0 radical (unpaired) electrons. The Kier molecular flexibility index (Phi) is 3.66. The second kappa shape index (κ2) is 5.43. The lowest BCUT2D eigenvalue weighted by atomic mass is 9.94. The van der Waals surface area contributed by atoms with Crippen molar-refractivity contribution < 1.29 is 4.79 Å². The molecule has 1 N–H and O–H groups in total. The lowest BCUT2D eigenvalue weighted by molar-refractivity contribution is 0.112. The van der Waals surface area contributed by atoms with E-state index >= 15 is 0 Å². The van der Waals surface area contributed by atoms with E-state index in [2.05, 4.69) is 26.2 Å². The lowest BCUT2D eigenvalue weighted by Gasteiger charge is -2.21. The maximum absolute atomic E-state index is 11.1. The molecule has 0 atom stereocenters. The van der Waals surface area contributed by atoms with E-state index < -0.39 is 0 Å². The minimum atomic E-state index is 0.538. The molecule has 0 unspecified atom stereocenters. The van der Waals surface area contributed by atoms with Crippen LogP contribution in [0.2, 0.25) is 0 Å².